The minimum atomic E-state index is -4.41. The predicted octanol–water partition coefficient (Wildman–Crippen LogP) is 3.72. The van der Waals surface area contributed by atoms with E-state index in [1.54, 1.807) is 0 Å². The third kappa shape index (κ3) is 4.35. The smallest absolute Gasteiger partial charge is 0.369 e. The van der Waals surface area contributed by atoms with E-state index in [0.717, 1.165) is 12.5 Å². The third-order valence-electron chi connectivity index (χ3n) is 2.38. The Bertz CT molecular complexity index is 402. The molecule has 0 aliphatic carbocycles. The molecule has 18 heavy (non-hydrogen) atoms. The molecule has 0 saturated carbocycles. The number of nitrogens with one attached hydrogen (secondary N) is 2. The highest BCUT2D eigenvalue weighted by molar-refractivity contribution is 5.81. The number of aromatic nitrogens is 1. The van der Waals surface area contributed by atoms with Gasteiger partial charge in [-0.2, -0.15) is 13.2 Å². The molecule has 1 rings (SSSR count). The molecular formula is C12H16F3N3. The molecule has 0 aliphatic heterocycles. The number of pyridine rings is 1. The van der Waals surface area contributed by atoms with Gasteiger partial charge >= 0.3 is 6.18 Å². The molecule has 3 nitrogen and oxygen atoms in total. The van der Waals surface area contributed by atoms with Crippen molar-refractivity contribution in [1.82, 2.24) is 4.98 Å². The summed E-state index contributed by atoms with van der Waals surface area (Å²) in [4.78, 5) is 3.69. The molecule has 0 aliphatic rings. The lowest BCUT2D eigenvalue weighted by molar-refractivity contribution is -0.137. The van der Waals surface area contributed by atoms with Crippen LogP contribution < -0.4 is 5.32 Å². The number of nitrogens with zero attached hydrogens (tertiary/aromatic N) is 1. The van der Waals surface area contributed by atoms with Crippen LogP contribution in [0, 0.1) is 5.41 Å². The summed E-state index contributed by atoms with van der Waals surface area (Å²) in [5.74, 6) is -0.172. The second-order valence-electron chi connectivity index (χ2n) is 3.93. The van der Waals surface area contributed by atoms with Crippen LogP contribution in [0.15, 0.2) is 18.3 Å². The fourth-order valence-electron chi connectivity index (χ4n) is 1.53. The topological polar surface area (TPSA) is 48.8 Å². The van der Waals surface area contributed by atoms with Crippen molar-refractivity contribution in [1.29, 1.82) is 5.41 Å². The van der Waals surface area contributed by atoms with Crippen LogP contribution in [0.3, 0.4) is 0 Å². The van der Waals surface area contributed by atoms with Crippen LogP contribution >= 0.6 is 0 Å². The summed E-state index contributed by atoms with van der Waals surface area (Å²) in [7, 11) is 0. The Morgan fingerprint density at radius 1 is 1.39 bits per heavy atom. The van der Waals surface area contributed by atoms with E-state index in [0.29, 0.717) is 25.1 Å². The SMILES string of the molecule is CCCC(=N)CCNc1ncccc1C(F)(F)F. The lowest BCUT2D eigenvalue weighted by atomic mass is 10.1. The Hall–Kier alpha value is -1.59. The van der Waals surface area contributed by atoms with Crippen molar-refractivity contribution < 1.29 is 13.2 Å². The van der Waals surface area contributed by atoms with Crippen LogP contribution in [0.5, 0.6) is 0 Å². The zero-order chi connectivity index (χ0) is 13.6. The Labute approximate surface area is 104 Å². The van der Waals surface area contributed by atoms with Crippen LogP contribution in [0.1, 0.15) is 31.7 Å². The van der Waals surface area contributed by atoms with Crippen LogP contribution in [0.25, 0.3) is 0 Å². The first-order chi connectivity index (χ1) is 8.45. The molecule has 1 aromatic rings. The highest BCUT2D eigenvalue weighted by Gasteiger charge is 2.33. The second kappa shape index (κ2) is 6.37. The van der Waals surface area contributed by atoms with Crippen LogP contribution in [-0.2, 0) is 6.18 Å². The average Bonchev–Trinajstić information content (AvgIpc) is 2.28. The summed E-state index contributed by atoms with van der Waals surface area (Å²) < 4.78 is 37.9. The van der Waals surface area contributed by atoms with Gasteiger partial charge in [-0.15, -0.1) is 0 Å². The van der Waals surface area contributed by atoms with Gasteiger partial charge in [-0.05, 0) is 18.6 Å². The van der Waals surface area contributed by atoms with Crippen molar-refractivity contribution in [3.63, 3.8) is 0 Å². The zero-order valence-electron chi connectivity index (χ0n) is 10.1. The number of hydrogen-bond acceptors (Lipinski definition) is 3. The van der Waals surface area contributed by atoms with Gasteiger partial charge in [0.2, 0.25) is 0 Å². The molecule has 0 saturated heterocycles. The summed E-state index contributed by atoms with van der Waals surface area (Å²) >= 11 is 0. The maximum Gasteiger partial charge on any atom is 0.419 e. The van der Waals surface area contributed by atoms with Crippen molar-refractivity contribution in [3.8, 4) is 0 Å². The molecule has 1 aromatic heterocycles. The summed E-state index contributed by atoms with van der Waals surface area (Å²) in [6.45, 7) is 2.25. The van der Waals surface area contributed by atoms with Gasteiger partial charge in [0.05, 0.1) is 5.56 Å². The fraction of sp³-hybridized carbons (Fsp3) is 0.500. The van der Waals surface area contributed by atoms with Gasteiger partial charge in [0, 0.05) is 24.9 Å². The van der Waals surface area contributed by atoms with Gasteiger partial charge in [-0.1, -0.05) is 13.3 Å². The van der Waals surface area contributed by atoms with Crippen LogP contribution in [0.2, 0.25) is 0 Å². The van der Waals surface area contributed by atoms with Gasteiger partial charge < -0.3 is 10.7 Å². The Morgan fingerprint density at radius 2 is 2.11 bits per heavy atom. The van der Waals surface area contributed by atoms with Gasteiger partial charge in [-0.25, -0.2) is 4.98 Å². The number of hydrogen-bond donors (Lipinski definition) is 2. The molecule has 6 heteroatoms. The Morgan fingerprint density at radius 3 is 2.72 bits per heavy atom. The molecule has 0 bridgehead atoms. The standard InChI is InChI=1S/C12H16F3N3/c1-2-4-9(16)6-8-18-11-10(12(13,14)15)5-3-7-17-11/h3,5,7,16H,2,4,6,8H2,1H3,(H,17,18). The molecule has 0 atom stereocenters. The quantitative estimate of drug-likeness (QED) is 0.765. The molecule has 0 unspecified atom stereocenters. The van der Waals surface area contributed by atoms with Gasteiger partial charge in [-0.3, -0.25) is 0 Å². The largest absolute Gasteiger partial charge is 0.419 e. The molecule has 0 spiro atoms. The monoisotopic (exact) mass is 259 g/mol. The maximum absolute atomic E-state index is 12.6. The van der Waals surface area contributed by atoms with Crippen LogP contribution in [0.4, 0.5) is 19.0 Å². The molecule has 0 aromatic carbocycles. The van der Waals surface area contributed by atoms with E-state index in [1.807, 2.05) is 6.92 Å². The normalized spacial score (nSPS) is 11.3. The van der Waals surface area contributed by atoms with E-state index in [1.165, 1.54) is 12.3 Å². The first-order valence-corrected chi connectivity index (χ1v) is 5.77. The van der Waals surface area contributed by atoms with E-state index in [-0.39, 0.29) is 5.82 Å². The van der Waals surface area contributed by atoms with Gasteiger partial charge in [0.15, 0.2) is 0 Å². The number of halogens is 3. The summed E-state index contributed by atoms with van der Waals surface area (Å²) in [6, 6.07) is 2.25. The van der Waals surface area contributed by atoms with Crippen molar-refractivity contribution in [2.24, 2.45) is 0 Å². The predicted molar refractivity (Wildman–Crippen MR) is 65.0 cm³/mol. The number of rotatable bonds is 6. The highest BCUT2D eigenvalue weighted by Crippen LogP contribution is 2.33. The van der Waals surface area contributed by atoms with Gasteiger partial charge in [0.25, 0.3) is 0 Å². The minimum absolute atomic E-state index is 0.172. The van der Waals surface area contributed by atoms with Crippen molar-refractivity contribution in [3.05, 3.63) is 23.9 Å². The van der Waals surface area contributed by atoms with Crippen molar-refractivity contribution in [2.75, 3.05) is 11.9 Å². The molecule has 0 radical (unpaired) electrons. The lowest BCUT2D eigenvalue weighted by Gasteiger charge is -2.13. The summed E-state index contributed by atoms with van der Waals surface area (Å²) in [5.41, 5.74) is -0.235. The highest BCUT2D eigenvalue weighted by atomic mass is 19.4. The molecular weight excluding hydrogens is 243 g/mol. The first-order valence-electron chi connectivity index (χ1n) is 5.77. The minimum Gasteiger partial charge on any atom is -0.369 e. The fourth-order valence-corrected chi connectivity index (χ4v) is 1.53. The first kappa shape index (κ1) is 14.5. The molecule has 100 valence electrons. The third-order valence-corrected chi connectivity index (χ3v) is 2.38. The van der Waals surface area contributed by atoms with E-state index < -0.39 is 11.7 Å². The van der Waals surface area contributed by atoms with Crippen molar-refractivity contribution >= 4 is 11.5 Å². The zero-order valence-corrected chi connectivity index (χ0v) is 10.1. The van der Waals surface area contributed by atoms with Crippen molar-refractivity contribution in [2.45, 2.75) is 32.4 Å². The summed E-state index contributed by atoms with van der Waals surface area (Å²) in [6.07, 6.45) is -1.11. The molecule has 0 fully saturated rings. The lowest BCUT2D eigenvalue weighted by Crippen LogP contribution is -2.14. The molecule has 2 N–H and O–H groups in total. The van der Waals surface area contributed by atoms with Gasteiger partial charge in [0.1, 0.15) is 5.82 Å². The molecule has 0 amide bonds. The average molecular weight is 259 g/mol. The van der Waals surface area contributed by atoms with Crippen LogP contribution in [-0.4, -0.2) is 17.2 Å². The Balaban J connectivity index is 2.60. The van der Waals surface area contributed by atoms with E-state index in [4.69, 9.17) is 5.41 Å². The maximum atomic E-state index is 12.6. The number of alkyl halides is 3. The summed E-state index contributed by atoms with van der Waals surface area (Å²) in [5, 5.41) is 10.2. The Kier molecular flexibility index (Phi) is 5.12. The van der Waals surface area contributed by atoms with E-state index in [2.05, 4.69) is 10.3 Å². The molecule has 1 heterocycles. The number of anilines is 1. The second-order valence-corrected chi connectivity index (χ2v) is 3.93. The van der Waals surface area contributed by atoms with E-state index in [9.17, 15) is 13.2 Å². The van der Waals surface area contributed by atoms with E-state index >= 15 is 0 Å².